The standard InChI is InChI=1S/C7H15S/c1-5-6-8-7(2,3)4/h6H,5H2,1-4H3. The van der Waals surface area contributed by atoms with Crippen LogP contribution in [0.25, 0.3) is 0 Å². The summed E-state index contributed by atoms with van der Waals surface area (Å²) in [6, 6.07) is 0. The highest BCUT2D eigenvalue weighted by molar-refractivity contribution is 8.02. The molecule has 0 saturated carbocycles. The van der Waals surface area contributed by atoms with Gasteiger partial charge in [-0.2, -0.15) is 11.8 Å². The van der Waals surface area contributed by atoms with Crippen molar-refractivity contribution in [2.45, 2.75) is 38.9 Å². The lowest BCUT2D eigenvalue weighted by Gasteiger charge is -2.15. The third-order valence-corrected chi connectivity index (χ3v) is 1.81. The molecule has 0 aromatic carbocycles. The number of thioether (sulfide) groups is 1. The minimum absolute atomic E-state index is 0.413. The molecule has 49 valence electrons. The third-order valence-electron chi connectivity index (χ3n) is 0.604. The van der Waals surface area contributed by atoms with Crippen molar-refractivity contribution in [3.05, 3.63) is 5.75 Å². The molecule has 0 bridgehead atoms. The number of hydrogen-bond donors (Lipinski definition) is 0. The van der Waals surface area contributed by atoms with E-state index in [-0.39, 0.29) is 0 Å². The number of hydrogen-bond acceptors (Lipinski definition) is 1. The van der Waals surface area contributed by atoms with Crippen molar-refractivity contribution in [2.24, 2.45) is 0 Å². The molecule has 0 aromatic heterocycles. The Morgan fingerprint density at radius 1 is 1.38 bits per heavy atom. The van der Waals surface area contributed by atoms with Gasteiger partial charge in [0, 0.05) is 10.5 Å². The Labute approximate surface area is 57.1 Å². The molecule has 0 N–H and O–H groups in total. The van der Waals surface area contributed by atoms with Gasteiger partial charge in [0.05, 0.1) is 0 Å². The van der Waals surface area contributed by atoms with E-state index in [2.05, 4.69) is 33.4 Å². The van der Waals surface area contributed by atoms with Crippen molar-refractivity contribution in [1.29, 1.82) is 0 Å². The van der Waals surface area contributed by atoms with E-state index >= 15 is 0 Å². The lowest BCUT2D eigenvalue weighted by atomic mass is 10.3. The zero-order valence-electron chi connectivity index (χ0n) is 6.19. The average Bonchev–Trinajstić information content (AvgIpc) is 1.59. The van der Waals surface area contributed by atoms with E-state index in [0.29, 0.717) is 4.75 Å². The van der Waals surface area contributed by atoms with E-state index in [1.807, 2.05) is 11.8 Å². The van der Waals surface area contributed by atoms with Crippen LogP contribution in [0.1, 0.15) is 34.1 Å². The van der Waals surface area contributed by atoms with Crippen LogP contribution < -0.4 is 0 Å². The summed E-state index contributed by atoms with van der Waals surface area (Å²) in [5.74, 6) is 2.25. The molecule has 0 spiro atoms. The molecule has 0 unspecified atom stereocenters. The molecule has 0 heterocycles. The van der Waals surface area contributed by atoms with Gasteiger partial charge in [0.2, 0.25) is 0 Å². The molecule has 0 rings (SSSR count). The highest BCUT2D eigenvalue weighted by atomic mass is 32.2. The molecule has 8 heavy (non-hydrogen) atoms. The molecule has 1 heteroatoms. The topological polar surface area (TPSA) is 0 Å². The van der Waals surface area contributed by atoms with Crippen LogP contribution in [0, 0.1) is 5.75 Å². The predicted molar refractivity (Wildman–Crippen MR) is 41.9 cm³/mol. The van der Waals surface area contributed by atoms with Crippen molar-refractivity contribution >= 4 is 11.8 Å². The van der Waals surface area contributed by atoms with E-state index in [4.69, 9.17) is 0 Å². The molecule has 0 nitrogen and oxygen atoms in total. The smallest absolute Gasteiger partial charge is 0.0169 e. The Morgan fingerprint density at radius 2 is 1.88 bits per heavy atom. The van der Waals surface area contributed by atoms with Crippen LogP contribution in [0.4, 0.5) is 0 Å². The van der Waals surface area contributed by atoms with Crippen molar-refractivity contribution in [3.8, 4) is 0 Å². The molecule has 0 amide bonds. The molecule has 0 saturated heterocycles. The lowest BCUT2D eigenvalue weighted by Crippen LogP contribution is -2.05. The second-order valence-electron chi connectivity index (χ2n) is 2.81. The van der Waals surface area contributed by atoms with E-state index in [9.17, 15) is 0 Å². The van der Waals surface area contributed by atoms with Gasteiger partial charge < -0.3 is 0 Å². The molecule has 0 aromatic rings. The average molecular weight is 131 g/mol. The van der Waals surface area contributed by atoms with E-state index < -0.39 is 0 Å². The summed E-state index contributed by atoms with van der Waals surface area (Å²) in [7, 11) is 0. The van der Waals surface area contributed by atoms with Gasteiger partial charge in [-0.15, -0.1) is 0 Å². The first-order valence-electron chi connectivity index (χ1n) is 3.06. The molecule has 0 fully saturated rings. The molecule has 0 aliphatic carbocycles. The summed E-state index contributed by atoms with van der Waals surface area (Å²) in [5.41, 5.74) is 0. The van der Waals surface area contributed by atoms with Crippen LogP contribution in [-0.4, -0.2) is 4.75 Å². The normalized spacial score (nSPS) is 12.0. The first kappa shape index (κ1) is 8.35. The van der Waals surface area contributed by atoms with Gasteiger partial charge in [-0.1, -0.05) is 27.7 Å². The molecule has 0 atom stereocenters. The zero-order chi connectivity index (χ0) is 6.62. The first-order chi connectivity index (χ1) is 3.56. The Balaban J connectivity index is 3.11. The summed E-state index contributed by atoms with van der Waals surface area (Å²) in [5, 5.41) is 0. The maximum Gasteiger partial charge on any atom is 0.0169 e. The van der Waals surface area contributed by atoms with Crippen molar-refractivity contribution in [3.63, 3.8) is 0 Å². The SMILES string of the molecule is CC[CH]SC(C)(C)C. The maximum atomic E-state index is 2.25. The van der Waals surface area contributed by atoms with Crippen molar-refractivity contribution in [1.82, 2.24) is 0 Å². The largest absolute Gasteiger partial charge is 0.151 e. The molecule has 1 radical (unpaired) electrons. The van der Waals surface area contributed by atoms with E-state index in [1.54, 1.807) is 0 Å². The van der Waals surface area contributed by atoms with Gasteiger partial charge in [0.15, 0.2) is 0 Å². The van der Waals surface area contributed by atoms with Crippen LogP contribution in [0.5, 0.6) is 0 Å². The quantitative estimate of drug-likeness (QED) is 0.555. The molecular weight excluding hydrogens is 116 g/mol. The summed E-state index contributed by atoms with van der Waals surface area (Å²) in [6.07, 6.45) is 1.17. The van der Waals surface area contributed by atoms with Crippen LogP contribution >= 0.6 is 11.8 Å². The fourth-order valence-corrected chi connectivity index (χ4v) is 1.000. The highest BCUT2D eigenvalue weighted by Crippen LogP contribution is 2.26. The van der Waals surface area contributed by atoms with Crippen LogP contribution in [-0.2, 0) is 0 Å². The second-order valence-corrected chi connectivity index (χ2v) is 4.60. The van der Waals surface area contributed by atoms with Gasteiger partial charge in [-0.05, 0) is 6.42 Å². The van der Waals surface area contributed by atoms with Crippen molar-refractivity contribution < 1.29 is 0 Å². The predicted octanol–water partition coefficient (Wildman–Crippen LogP) is 3.09. The monoisotopic (exact) mass is 131 g/mol. The summed E-state index contributed by atoms with van der Waals surface area (Å²) < 4.78 is 0.413. The Morgan fingerprint density at radius 3 is 2.00 bits per heavy atom. The molecule has 0 aliphatic heterocycles. The maximum absolute atomic E-state index is 2.25. The Bertz CT molecular complexity index is 51.9. The second kappa shape index (κ2) is 3.39. The fraction of sp³-hybridized carbons (Fsp3) is 0.857. The summed E-state index contributed by atoms with van der Waals surface area (Å²) in [4.78, 5) is 0. The van der Waals surface area contributed by atoms with Crippen molar-refractivity contribution in [2.75, 3.05) is 0 Å². The molecule has 0 aliphatic rings. The van der Waals surface area contributed by atoms with Crippen LogP contribution in [0.3, 0.4) is 0 Å². The van der Waals surface area contributed by atoms with Gasteiger partial charge in [-0.3, -0.25) is 0 Å². The van der Waals surface area contributed by atoms with Gasteiger partial charge in [-0.25, -0.2) is 0 Å². The number of rotatable bonds is 2. The summed E-state index contributed by atoms with van der Waals surface area (Å²) in [6.45, 7) is 8.84. The zero-order valence-corrected chi connectivity index (χ0v) is 7.01. The van der Waals surface area contributed by atoms with Crippen LogP contribution in [0.15, 0.2) is 0 Å². The third kappa shape index (κ3) is 6.35. The van der Waals surface area contributed by atoms with Gasteiger partial charge in [0.25, 0.3) is 0 Å². The highest BCUT2D eigenvalue weighted by Gasteiger charge is 2.08. The minimum atomic E-state index is 0.413. The Hall–Kier alpha value is 0.350. The molecular formula is C7H15S. The first-order valence-corrected chi connectivity index (χ1v) is 3.93. The Kier molecular flexibility index (Phi) is 3.54. The fourth-order valence-electron chi connectivity index (χ4n) is 0.333. The van der Waals surface area contributed by atoms with E-state index in [1.165, 1.54) is 6.42 Å². The summed E-state index contributed by atoms with van der Waals surface area (Å²) >= 11 is 1.91. The van der Waals surface area contributed by atoms with Crippen LogP contribution in [0.2, 0.25) is 0 Å². The minimum Gasteiger partial charge on any atom is -0.151 e. The lowest BCUT2D eigenvalue weighted by molar-refractivity contribution is 0.804. The van der Waals surface area contributed by atoms with Gasteiger partial charge >= 0.3 is 0 Å². The van der Waals surface area contributed by atoms with Gasteiger partial charge in [0.1, 0.15) is 0 Å². The van der Waals surface area contributed by atoms with E-state index in [0.717, 1.165) is 0 Å².